The summed E-state index contributed by atoms with van der Waals surface area (Å²) in [6.45, 7) is 5.76. The number of anilines is 1. The van der Waals surface area contributed by atoms with Gasteiger partial charge in [0.1, 0.15) is 11.0 Å². The van der Waals surface area contributed by atoms with E-state index in [0.717, 1.165) is 83.3 Å². The number of allylic oxidation sites excluding steroid dienone is 1. The number of imidazole rings is 1. The molecule has 1 aliphatic carbocycles. The normalized spacial score (nSPS) is 22.2. The summed E-state index contributed by atoms with van der Waals surface area (Å²) in [5, 5.41) is 12.9. The summed E-state index contributed by atoms with van der Waals surface area (Å²) < 4.78 is 34.0. The number of amides is 1. The van der Waals surface area contributed by atoms with Gasteiger partial charge in [0.25, 0.3) is 0 Å². The first-order chi connectivity index (χ1) is 23.8. The van der Waals surface area contributed by atoms with Crippen molar-refractivity contribution >= 4 is 27.8 Å². The minimum atomic E-state index is -3.74. The molecule has 0 spiro atoms. The lowest BCUT2D eigenvalue weighted by atomic mass is 9.58. The number of nitrogens with zero attached hydrogens (tertiary/aromatic N) is 4. The predicted octanol–water partition coefficient (Wildman–Crippen LogP) is 4.68. The minimum Gasteiger partial charge on any atom is -0.446 e. The lowest BCUT2D eigenvalue weighted by Gasteiger charge is -2.51. The molecule has 1 unspecified atom stereocenters. The second-order valence-electron chi connectivity index (χ2n) is 13.7. The van der Waals surface area contributed by atoms with Crippen LogP contribution in [-0.2, 0) is 26.5 Å². The van der Waals surface area contributed by atoms with Crippen molar-refractivity contribution in [2.24, 2.45) is 17.8 Å². The van der Waals surface area contributed by atoms with Crippen LogP contribution < -0.4 is 15.5 Å². The van der Waals surface area contributed by atoms with Crippen LogP contribution in [0.1, 0.15) is 37.7 Å². The molecule has 3 aromatic rings. The van der Waals surface area contributed by atoms with Gasteiger partial charge in [-0.25, -0.2) is 18.2 Å². The third-order valence-electron chi connectivity index (χ3n) is 10.9. The van der Waals surface area contributed by atoms with Crippen molar-refractivity contribution < 1.29 is 17.9 Å². The Kier molecular flexibility index (Phi) is 10.7. The molecule has 11 nitrogen and oxygen atoms in total. The molecule has 1 aromatic heterocycles. The minimum absolute atomic E-state index is 0.0708. The number of aromatic nitrogens is 2. The number of rotatable bonds is 13. The number of likely N-dealkylation sites (tertiary alicyclic amines) is 1. The number of hydrogen-bond acceptors (Lipinski definition) is 9. The molecular weight excluding hydrogens is 639 g/mol. The number of alkyl carbamates (subject to hydrolysis) is 1. The monoisotopic (exact) mass is 687 g/mol. The van der Waals surface area contributed by atoms with Crippen molar-refractivity contribution in [3.8, 4) is 0 Å². The zero-order valence-corrected chi connectivity index (χ0v) is 29.3. The van der Waals surface area contributed by atoms with Crippen molar-refractivity contribution in [2.75, 3.05) is 51.7 Å². The van der Waals surface area contributed by atoms with Gasteiger partial charge in [0.2, 0.25) is 9.84 Å². The van der Waals surface area contributed by atoms with E-state index in [-0.39, 0.29) is 33.3 Å². The third kappa shape index (κ3) is 7.26. The van der Waals surface area contributed by atoms with E-state index in [0.29, 0.717) is 11.8 Å². The van der Waals surface area contributed by atoms with Gasteiger partial charge in [-0.2, -0.15) is 0 Å². The first-order valence-corrected chi connectivity index (χ1v) is 18.9. The zero-order chi connectivity index (χ0) is 34.4. The van der Waals surface area contributed by atoms with Crippen molar-refractivity contribution in [3.05, 3.63) is 90.0 Å². The molecule has 3 N–H and O–H groups in total. The number of hydrogen-bond donors (Lipinski definition) is 3. The van der Waals surface area contributed by atoms with E-state index in [2.05, 4.69) is 66.5 Å². The van der Waals surface area contributed by atoms with E-state index in [1.807, 2.05) is 24.7 Å². The molecule has 2 saturated heterocycles. The average molecular weight is 688 g/mol. The highest BCUT2D eigenvalue weighted by Gasteiger charge is 2.53. The van der Waals surface area contributed by atoms with Crippen molar-refractivity contribution in [1.29, 1.82) is 5.41 Å². The van der Waals surface area contributed by atoms with Gasteiger partial charge in [0, 0.05) is 88.0 Å². The number of ether oxygens (including phenoxy) is 1. The molecule has 3 heterocycles. The van der Waals surface area contributed by atoms with Crippen LogP contribution in [0.5, 0.6) is 0 Å². The topological polar surface area (TPSA) is 133 Å². The quantitative estimate of drug-likeness (QED) is 0.221. The van der Waals surface area contributed by atoms with Crippen LogP contribution in [0.3, 0.4) is 0 Å². The average Bonchev–Trinajstić information content (AvgIpc) is 3.80. The van der Waals surface area contributed by atoms with Gasteiger partial charge in [-0.15, -0.1) is 0 Å². The van der Waals surface area contributed by atoms with Crippen LogP contribution >= 0.6 is 0 Å². The van der Waals surface area contributed by atoms with Crippen molar-refractivity contribution in [1.82, 2.24) is 25.1 Å². The highest BCUT2D eigenvalue weighted by atomic mass is 32.2. The van der Waals surface area contributed by atoms with Crippen LogP contribution in [0.15, 0.2) is 89.3 Å². The van der Waals surface area contributed by atoms with Gasteiger partial charge in [-0.1, -0.05) is 30.3 Å². The third-order valence-corrected chi connectivity index (χ3v) is 12.7. The molecular formula is C37H49N7O4S. The second kappa shape index (κ2) is 15.2. The maximum Gasteiger partial charge on any atom is 0.407 e. The molecule has 6 rings (SSSR count). The molecule has 3 fully saturated rings. The van der Waals surface area contributed by atoms with E-state index in [1.165, 1.54) is 11.8 Å². The van der Waals surface area contributed by atoms with Gasteiger partial charge < -0.3 is 35.1 Å². The first-order valence-electron chi connectivity index (χ1n) is 17.4. The second-order valence-corrected chi connectivity index (χ2v) is 15.6. The largest absolute Gasteiger partial charge is 0.446 e. The fraction of sp³-hybridized carbons (Fsp3) is 0.486. The summed E-state index contributed by atoms with van der Waals surface area (Å²) in [6.07, 6.45) is 12.6. The Hall–Kier alpha value is -4.16. The SMILES string of the molecule is CN/C=C(\C=N)S(=O)(=O)c1ccc(N2CC(CN3CCC(C(Cn4ccnc4)(c4ccccc4)[C@@H]4CCC[C@H]4OC(=O)NC)CC3)C2)cc1. The summed E-state index contributed by atoms with van der Waals surface area (Å²) >= 11 is 0. The number of carbonyl (C=O) groups is 1. The Morgan fingerprint density at radius 1 is 1.04 bits per heavy atom. The molecule has 12 heteroatoms. The summed E-state index contributed by atoms with van der Waals surface area (Å²) in [5.41, 5.74) is 2.12. The van der Waals surface area contributed by atoms with Crippen LogP contribution in [0.2, 0.25) is 0 Å². The van der Waals surface area contributed by atoms with Gasteiger partial charge in [-0.05, 0) is 80.9 Å². The number of piperidine rings is 1. The maximum absolute atomic E-state index is 12.9. The molecule has 2 aliphatic heterocycles. The molecule has 3 aliphatic rings. The van der Waals surface area contributed by atoms with Gasteiger partial charge in [0.15, 0.2) is 0 Å². The lowest BCUT2D eigenvalue weighted by Crippen LogP contribution is -2.55. The van der Waals surface area contributed by atoms with E-state index in [1.54, 1.807) is 26.2 Å². The Labute approximate surface area is 290 Å². The zero-order valence-electron chi connectivity index (χ0n) is 28.5. The molecule has 0 radical (unpaired) electrons. The first kappa shape index (κ1) is 34.7. The highest BCUT2D eigenvalue weighted by Crippen LogP contribution is 2.52. The van der Waals surface area contributed by atoms with Crippen LogP contribution in [0.25, 0.3) is 0 Å². The molecule has 0 bridgehead atoms. The summed E-state index contributed by atoms with van der Waals surface area (Å²) in [5.74, 6) is 1.16. The highest BCUT2D eigenvalue weighted by molar-refractivity contribution is 7.96. The number of benzene rings is 2. The number of carbonyl (C=O) groups excluding carboxylic acids is 1. The fourth-order valence-corrected chi connectivity index (χ4v) is 9.77. The molecule has 2 aromatic carbocycles. The van der Waals surface area contributed by atoms with E-state index >= 15 is 0 Å². The molecule has 1 saturated carbocycles. The molecule has 262 valence electrons. The van der Waals surface area contributed by atoms with E-state index in [4.69, 9.17) is 10.1 Å². The Balaban J connectivity index is 1.12. The molecule has 1 amide bonds. The Morgan fingerprint density at radius 2 is 1.78 bits per heavy atom. The van der Waals surface area contributed by atoms with Gasteiger partial charge in [-0.3, -0.25) is 0 Å². The van der Waals surface area contributed by atoms with Crippen LogP contribution in [0, 0.1) is 23.2 Å². The summed E-state index contributed by atoms with van der Waals surface area (Å²) in [6, 6.07) is 17.9. The summed E-state index contributed by atoms with van der Waals surface area (Å²) in [4.78, 5) is 21.9. The smallest absolute Gasteiger partial charge is 0.407 e. The standard InChI is InChI=1S/C37H49N7O4S/c1-39-22-33(21-38)49(46,47)32-13-11-31(12-14-32)44-24-28(25-44)23-42-18-15-30(16-19-42)37(26-43-20-17-41-27-43,29-7-4-3-5-8-29)34-9-6-10-35(34)48-36(45)40-2/h3-5,7-8,11-14,17,20-22,27-28,30,34-35,38-39H,6,9-10,15-16,18-19,23-26H2,1-2H3,(H,40,45)/b33-22+,38-21?/t34-,35-,37?/m1/s1. The maximum atomic E-state index is 12.9. The predicted molar refractivity (Wildman–Crippen MR) is 191 cm³/mol. The van der Waals surface area contributed by atoms with Gasteiger partial charge in [0.05, 0.1) is 11.2 Å². The van der Waals surface area contributed by atoms with E-state index < -0.39 is 9.84 Å². The van der Waals surface area contributed by atoms with Crippen molar-refractivity contribution in [3.63, 3.8) is 0 Å². The Bertz CT molecular complexity index is 1680. The van der Waals surface area contributed by atoms with Gasteiger partial charge >= 0.3 is 6.09 Å². The van der Waals surface area contributed by atoms with Crippen LogP contribution in [0.4, 0.5) is 10.5 Å². The molecule has 3 atom stereocenters. The molecule has 49 heavy (non-hydrogen) atoms. The fourth-order valence-electron chi connectivity index (χ4n) is 8.58. The number of nitrogens with one attached hydrogen (secondary N) is 3. The lowest BCUT2D eigenvalue weighted by molar-refractivity contribution is 0.00203. The summed E-state index contributed by atoms with van der Waals surface area (Å²) in [7, 11) is -0.495. The van der Waals surface area contributed by atoms with E-state index in [9.17, 15) is 13.2 Å². The Morgan fingerprint density at radius 3 is 2.41 bits per heavy atom. The van der Waals surface area contributed by atoms with Crippen LogP contribution in [-0.4, -0.2) is 88.1 Å². The number of sulfone groups is 1. The van der Waals surface area contributed by atoms with Crippen molar-refractivity contribution in [2.45, 2.75) is 55.1 Å².